The highest BCUT2D eigenvalue weighted by Crippen LogP contribution is 2.39. The monoisotopic (exact) mass is 466 g/mol. The van der Waals surface area contributed by atoms with Gasteiger partial charge < -0.3 is 15.2 Å². The van der Waals surface area contributed by atoms with E-state index in [1.165, 1.54) is 19.3 Å². The summed E-state index contributed by atoms with van der Waals surface area (Å²) in [6.07, 6.45) is 1.54. The average Bonchev–Trinajstić information content (AvgIpc) is 2.94. The molecule has 1 heterocycles. The lowest BCUT2D eigenvalue weighted by Crippen LogP contribution is -2.27. The van der Waals surface area contributed by atoms with Crippen molar-refractivity contribution in [3.8, 4) is 11.5 Å². The molecule has 0 saturated carbocycles. The molecule has 30 heavy (non-hydrogen) atoms. The molecule has 3 amide bonds. The SMILES string of the molecule is COc1cc(/C=C2\SC(=O)N(Cc3cccc(Cl)c3)C2=O)cc(Cl)c1OCC(N)=O. The Bertz CT molecular complexity index is 1060. The first-order valence-corrected chi connectivity index (χ1v) is 10.1. The molecule has 0 aliphatic carbocycles. The largest absolute Gasteiger partial charge is 0.493 e. The molecule has 156 valence electrons. The Labute approximate surface area is 186 Å². The van der Waals surface area contributed by atoms with Crippen LogP contribution in [0.25, 0.3) is 6.08 Å². The van der Waals surface area contributed by atoms with Crippen LogP contribution >= 0.6 is 35.0 Å². The van der Waals surface area contributed by atoms with Crippen molar-refractivity contribution in [2.24, 2.45) is 5.73 Å². The molecule has 1 fully saturated rings. The van der Waals surface area contributed by atoms with Gasteiger partial charge in [0.15, 0.2) is 18.1 Å². The van der Waals surface area contributed by atoms with Crippen LogP contribution < -0.4 is 15.2 Å². The Morgan fingerprint density at radius 2 is 2.00 bits per heavy atom. The normalized spacial score (nSPS) is 15.0. The Kier molecular flexibility index (Phi) is 6.91. The Morgan fingerprint density at radius 1 is 1.23 bits per heavy atom. The number of amides is 3. The summed E-state index contributed by atoms with van der Waals surface area (Å²) >= 11 is 13.0. The van der Waals surface area contributed by atoms with E-state index in [4.69, 9.17) is 38.4 Å². The van der Waals surface area contributed by atoms with Crippen LogP contribution in [0.5, 0.6) is 11.5 Å². The fourth-order valence-corrected chi connectivity index (χ4v) is 4.04. The van der Waals surface area contributed by atoms with Crippen LogP contribution in [0.3, 0.4) is 0 Å². The summed E-state index contributed by atoms with van der Waals surface area (Å²) in [7, 11) is 1.41. The summed E-state index contributed by atoms with van der Waals surface area (Å²) in [4.78, 5) is 37.4. The maximum atomic E-state index is 12.7. The smallest absolute Gasteiger partial charge is 0.293 e. The lowest BCUT2D eigenvalue weighted by molar-refractivity contribution is -0.123. The van der Waals surface area contributed by atoms with Crippen LogP contribution in [0.4, 0.5) is 4.79 Å². The fourth-order valence-electron chi connectivity index (χ4n) is 2.71. The minimum absolute atomic E-state index is 0.118. The van der Waals surface area contributed by atoms with Gasteiger partial charge >= 0.3 is 0 Å². The van der Waals surface area contributed by atoms with Gasteiger partial charge in [0, 0.05) is 5.02 Å². The van der Waals surface area contributed by atoms with E-state index in [0.29, 0.717) is 10.6 Å². The summed E-state index contributed by atoms with van der Waals surface area (Å²) < 4.78 is 10.5. The zero-order valence-corrected chi connectivity index (χ0v) is 18.0. The number of imide groups is 1. The minimum atomic E-state index is -0.662. The van der Waals surface area contributed by atoms with Crippen molar-refractivity contribution < 1.29 is 23.9 Å². The maximum Gasteiger partial charge on any atom is 0.293 e. The van der Waals surface area contributed by atoms with Crippen LogP contribution in [0.15, 0.2) is 41.3 Å². The predicted octanol–water partition coefficient (Wildman–Crippen LogP) is 4.10. The number of hydrogen-bond donors (Lipinski definition) is 1. The molecule has 3 rings (SSSR count). The van der Waals surface area contributed by atoms with Crippen molar-refractivity contribution in [2.75, 3.05) is 13.7 Å². The number of carbonyl (C=O) groups excluding carboxylic acids is 3. The number of nitrogens with two attached hydrogens (primary N) is 1. The van der Waals surface area contributed by atoms with Crippen LogP contribution in [0, 0.1) is 0 Å². The van der Waals surface area contributed by atoms with E-state index in [0.717, 1.165) is 22.2 Å². The number of carbonyl (C=O) groups is 3. The second kappa shape index (κ2) is 9.42. The molecule has 1 saturated heterocycles. The molecular weight excluding hydrogens is 451 g/mol. The zero-order chi connectivity index (χ0) is 21.8. The summed E-state index contributed by atoms with van der Waals surface area (Å²) in [5.41, 5.74) is 6.35. The Morgan fingerprint density at radius 3 is 2.67 bits per heavy atom. The molecule has 0 aromatic heterocycles. The molecular formula is C20H16Cl2N2O5S. The molecule has 2 N–H and O–H groups in total. The maximum absolute atomic E-state index is 12.7. The quantitative estimate of drug-likeness (QED) is 0.616. The van der Waals surface area contributed by atoms with E-state index in [-0.39, 0.29) is 39.8 Å². The van der Waals surface area contributed by atoms with Gasteiger partial charge in [-0.05, 0) is 53.2 Å². The van der Waals surface area contributed by atoms with Crippen LogP contribution in [-0.2, 0) is 16.1 Å². The van der Waals surface area contributed by atoms with Gasteiger partial charge in [0.1, 0.15) is 0 Å². The van der Waals surface area contributed by atoms with Gasteiger partial charge in [0.2, 0.25) is 0 Å². The lowest BCUT2D eigenvalue weighted by Gasteiger charge is -2.13. The van der Waals surface area contributed by atoms with Gasteiger partial charge in [0.25, 0.3) is 17.1 Å². The van der Waals surface area contributed by atoms with E-state index in [2.05, 4.69) is 0 Å². The highest BCUT2D eigenvalue weighted by Gasteiger charge is 2.35. The third-order valence-electron chi connectivity index (χ3n) is 4.01. The predicted molar refractivity (Wildman–Crippen MR) is 116 cm³/mol. The van der Waals surface area contributed by atoms with Crippen molar-refractivity contribution in [3.63, 3.8) is 0 Å². The number of benzene rings is 2. The van der Waals surface area contributed by atoms with E-state index in [9.17, 15) is 14.4 Å². The second-order valence-electron chi connectivity index (χ2n) is 6.19. The molecule has 7 nitrogen and oxygen atoms in total. The van der Waals surface area contributed by atoms with Crippen molar-refractivity contribution in [1.29, 1.82) is 0 Å². The zero-order valence-electron chi connectivity index (χ0n) is 15.7. The first-order chi connectivity index (χ1) is 14.3. The summed E-state index contributed by atoms with van der Waals surface area (Å²) in [5, 5.41) is 0.307. The summed E-state index contributed by atoms with van der Waals surface area (Å²) in [5.74, 6) is -0.669. The molecule has 10 heteroatoms. The van der Waals surface area contributed by atoms with Gasteiger partial charge in [-0.3, -0.25) is 19.3 Å². The van der Waals surface area contributed by atoms with Crippen molar-refractivity contribution in [2.45, 2.75) is 6.54 Å². The molecule has 0 radical (unpaired) electrons. The van der Waals surface area contributed by atoms with Crippen LogP contribution in [-0.4, -0.2) is 35.7 Å². The fraction of sp³-hybridized carbons (Fsp3) is 0.150. The third-order valence-corrected chi connectivity index (χ3v) is 5.43. The number of primary amides is 1. The molecule has 2 aromatic rings. The van der Waals surface area contributed by atoms with E-state index in [1.54, 1.807) is 30.3 Å². The Balaban J connectivity index is 1.84. The van der Waals surface area contributed by atoms with Gasteiger partial charge in [-0.15, -0.1) is 0 Å². The average molecular weight is 467 g/mol. The van der Waals surface area contributed by atoms with E-state index >= 15 is 0 Å². The van der Waals surface area contributed by atoms with Crippen LogP contribution in [0.1, 0.15) is 11.1 Å². The highest BCUT2D eigenvalue weighted by molar-refractivity contribution is 8.18. The Hall–Kier alpha value is -2.68. The third kappa shape index (κ3) is 5.08. The molecule has 1 aliphatic heterocycles. The van der Waals surface area contributed by atoms with Gasteiger partial charge in [0.05, 0.1) is 23.6 Å². The van der Waals surface area contributed by atoms with E-state index in [1.807, 2.05) is 0 Å². The lowest BCUT2D eigenvalue weighted by atomic mass is 10.1. The summed E-state index contributed by atoms with van der Waals surface area (Å²) in [6.45, 7) is -0.246. The van der Waals surface area contributed by atoms with Gasteiger partial charge in [-0.25, -0.2) is 0 Å². The van der Waals surface area contributed by atoms with Crippen molar-refractivity contribution in [1.82, 2.24) is 4.90 Å². The number of thioether (sulfide) groups is 1. The van der Waals surface area contributed by atoms with Crippen molar-refractivity contribution >= 4 is 58.1 Å². The standard InChI is InChI=1S/C20H16Cl2N2O5S/c1-28-15-7-12(6-14(22)18(15)29-10-17(23)25)8-16-19(26)24(20(27)30-16)9-11-3-2-4-13(21)5-11/h2-8H,9-10H2,1H3,(H2,23,25)/b16-8-. The molecule has 0 unspecified atom stereocenters. The molecule has 0 spiro atoms. The number of hydrogen-bond acceptors (Lipinski definition) is 6. The number of methoxy groups -OCH3 is 1. The first kappa shape index (κ1) is 22.0. The van der Waals surface area contributed by atoms with Gasteiger partial charge in [-0.1, -0.05) is 35.3 Å². The summed E-state index contributed by atoms with van der Waals surface area (Å²) in [6, 6.07) is 10.1. The van der Waals surface area contributed by atoms with E-state index < -0.39 is 11.8 Å². The van der Waals surface area contributed by atoms with Crippen molar-refractivity contribution in [3.05, 3.63) is 62.5 Å². The minimum Gasteiger partial charge on any atom is -0.493 e. The topological polar surface area (TPSA) is 98.9 Å². The number of rotatable bonds is 7. The molecule has 2 aromatic carbocycles. The van der Waals surface area contributed by atoms with Crippen LogP contribution in [0.2, 0.25) is 10.0 Å². The molecule has 0 bridgehead atoms. The second-order valence-corrected chi connectivity index (χ2v) is 8.02. The molecule has 0 atom stereocenters. The van der Waals surface area contributed by atoms with Gasteiger partial charge in [-0.2, -0.15) is 0 Å². The highest BCUT2D eigenvalue weighted by atomic mass is 35.5. The number of ether oxygens (including phenoxy) is 2. The number of halogens is 2. The molecule has 1 aliphatic rings. The first-order valence-electron chi connectivity index (χ1n) is 8.57. The number of nitrogens with zero attached hydrogens (tertiary/aromatic N) is 1.